The van der Waals surface area contributed by atoms with Crippen molar-refractivity contribution >= 4 is 33.4 Å². The van der Waals surface area contributed by atoms with E-state index < -0.39 is 10.9 Å². The zero-order chi connectivity index (χ0) is 17.5. The van der Waals surface area contributed by atoms with E-state index in [2.05, 4.69) is 25.9 Å². The highest BCUT2D eigenvalue weighted by atomic mass is 79.9. The first-order chi connectivity index (χ1) is 11.5. The average Bonchev–Trinajstić information content (AvgIpc) is 2.59. The predicted molar refractivity (Wildman–Crippen MR) is 89.5 cm³/mol. The Hall–Kier alpha value is -2.94. The topological polar surface area (TPSA) is 117 Å². The molecule has 0 radical (unpaired) electrons. The molecule has 0 saturated heterocycles. The third-order valence-electron chi connectivity index (χ3n) is 2.79. The van der Waals surface area contributed by atoms with E-state index in [4.69, 9.17) is 10.5 Å². The summed E-state index contributed by atoms with van der Waals surface area (Å²) in [4.78, 5) is 26.2. The molecule has 8 nitrogen and oxygen atoms in total. The van der Waals surface area contributed by atoms with E-state index in [0.29, 0.717) is 11.3 Å². The number of oxime groups is 1. The molecule has 0 aliphatic heterocycles. The van der Waals surface area contributed by atoms with E-state index >= 15 is 0 Å². The molecule has 2 aromatic rings. The van der Waals surface area contributed by atoms with Crippen LogP contribution in [-0.4, -0.2) is 23.3 Å². The highest BCUT2D eigenvalue weighted by Gasteiger charge is 2.08. The SMILES string of the molecule is N/C(=N\OC(=O)COc1ccc(Br)cc1)c1ccc([N+](=O)[O-])cc1. The Balaban J connectivity index is 1.87. The van der Waals surface area contributed by atoms with Crippen molar-refractivity contribution in [1.29, 1.82) is 0 Å². The van der Waals surface area contributed by atoms with Crippen LogP contribution in [0.5, 0.6) is 5.75 Å². The fraction of sp³-hybridized carbons (Fsp3) is 0.0667. The van der Waals surface area contributed by atoms with Gasteiger partial charge in [0.2, 0.25) is 0 Å². The van der Waals surface area contributed by atoms with Crippen LogP contribution in [0, 0.1) is 10.1 Å². The first-order valence-electron chi connectivity index (χ1n) is 6.62. The van der Waals surface area contributed by atoms with Gasteiger partial charge in [0.25, 0.3) is 5.69 Å². The summed E-state index contributed by atoms with van der Waals surface area (Å²) in [6.45, 7) is -0.335. The molecular formula is C15H12BrN3O5. The van der Waals surface area contributed by atoms with Crippen molar-refractivity contribution in [2.24, 2.45) is 10.9 Å². The van der Waals surface area contributed by atoms with Gasteiger partial charge in [-0.25, -0.2) is 4.79 Å². The zero-order valence-electron chi connectivity index (χ0n) is 12.2. The molecule has 0 spiro atoms. The number of carbonyl (C=O) groups is 1. The van der Waals surface area contributed by atoms with Crippen LogP contribution in [0.25, 0.3) is 0 Å². The number of nitro groups is 1. The predicted octanol–water partition coefficient (Wildman–Crippen LogP) is 2.60. The lowest BCUT2D eigenvalue weighted by Crippen LogP contribution is -2.18. The number of nitro benzene ring substituents is 1. The van der Waals surface area contributed by atoms with Gasteiger partial charge in [-0.05, 0) is 36.4 Å². The lowest BCUT2D eigenvalue weighted by Gasteiger charge is -2.04. The minimum atomic E-state index is -0.734. The van der Waals surface area contributed by atoms with Gasteiger partial charge in [-0.1, -0.05) is 21.1 Å². The van der Waals surface area contributed by atoms with Crippen molar-refractivity contribution in [3.8, 4) is 5.75 Å². The van der Waals surface area contributed by atoms with Gasteiger partial charge in [-0.15, -0.1) is 0 Å². The van der Waals surface area contributed by atoms with Crippen LogP contribution in [0.2, 0.25) is 0 Å². The van der Waals surface area contributed by atoms with Crippen LogP contribution < -0.4 is 10.5 Å². The van der Waals surface area contributed by atoms with Crippen LogP contribution in [0.3, 0.4) is 0 Å². The second-order valence-corrected chi connectivity index (χ2v) is 5.40. The molecule has 24 heavy (non-hydrogen) atoms. The Labute approximate surface area is 145 Å². The lowest BCUT2D eigenvalue weighted by atomic mass is 10.2. The van der Waals surface area contributed by atoms with Gasteiger partial charge in [0.15, 0.2) is 12.4 Å². The molecule has 124 valence electrons. The number of ether oxygens (including phenoxy) is 1. The minimum absolute atomic E-state index is 0.0774. The standard InChI is InChI=1S/C15H12BrN3O5/c16-11-3-7-13(8-4-11)23-9-14(20)24-18-15(17)10-1-5-12(6-2-10)19(21)22/h1-8H,9H2,(H2,17,18). The number of non-ortho nitro benzene ring substituents is 1. The molecule has 0 amide bonds. The normalized spacial score (nSPS) is 11.0. The summed E-state index contributed by atoms with van der Waals surface area (Å²) in [6, 6.07) is 12.3. The summed E-state index contributed by atoms with van der Waals surface area (Å²) in [5, 5.41) is 14.0. The van der Waals surface area contributed by atoms with Gasteiger partial charge in [0.1, 0.15) is 5.75 Å². The molecule has 0 unspecified atom stereocenters. The van der Waals surface area contributed by atoms with E-state index in [0.717, 1.165) is 4.47 Å². The Morgan fingerprint density at radius 1 is 1.17 bits per heavy atom. The zero-order valence-corrected chi connectivity index (χ0v) is 13.8. The molecule has 0 aliphatic carbocycles. The first kappa shape index (κ1) is 17.4. The third kappa shape index (κ3) is 5.06. The molecule has 0 aliphatic rings. The molecule has 0 bridgehead atoms. The molecular weight excluding hydrogens is 382 g/mol. The number of carbonyl (C=O) groups excluding carboxylic acids is 1. The van der Waals surface area contributed by atoms with Gasteiger partial charge < -0.3 is 15.3 Å². The number of benzene rings is 2. The van der Waals surface area contributed by atoms with Crippen molar-refractivity contribution in [1.82, 2.24) is 0 Å². The third-order valence-corrected chi connectivity index (χ3v) is 3.32. The monoisotopic (exact) mass is 393 g/mol. The molecule has 9 heteroatoms. The van der Waals surface area contributed by atoms with Crippen LogP contribution in [-0.2, 0) is 9.63 Å². The summed E-state index contributed by atoms with van der Waals surface area (Å²) >= 11 is 3.28. The summed E-state index contributed by atoms with van der Waals surface area (Å²) in [5.74, 6) is -0.313. The molecule has 2 aromatic carbocycles. The number of rotatable bonds is 6. The largest absolute Gasteiger partial charge is 0.482 e. The van der Waals surface area contributed by atoms with E-state index in [-0.39, 0.29) is 18.1 Å². The minimum Gasteiger partial charge on any atom is -0.482 e. The second-order valence-electron chi connectivity index (χ2n) is 4.49. The van der Waals surface area contributed by atoms with Gasteiger partial charge in [0, 0.05) is 22.2 Å². The average molecular weight is 394 g/mol. The van der Waals surface area contributed by atoms with Gasteiger partial charge >= 0.3 is 5.97 Å². The fourth-order valence-corrected chi connectivity index (χ4v) is 1.87. The summed E-state index contributed by atoms with van der Waals surface area (Å²) in [5.41, 5.74) is 5.96. The first-order valence-corrected chi connectivity index (χ1v) is 7.41. The lowest BCUT2D eigenvalue weighted by molar-refractivity contribution is -0.384. The maximum atomic E-state index is 11.6. The summed E-state index contributed by atoms with van der Waals surface area (Å²) in [7, 11) is 0. The van der Waals surface area contributed by atoms with Gasteiger partial charge in [0.05, 0.1) is 4.92 Å². The maximum Gasteiger partial charge on any atom is 0.372 e. The van der Waals surface area contributed by atoms with E-state index in [1.54, 1.807) is 24.3 Å². The van der Waals surface area contributed by atoms with E-state index in [1.807, 2.05) is 0 Å². The molecule has 0 atom stereocenters. The highest BCUT2D eigenvalue weighted by molar-refractivity contribution is 9.10. The Kier molecular flexibility index (Phi) is 5.85. The maximum absolute atomic E-state index is 11.6. The van der Waals surface area contributed by atoms with E-state index in [1.165, 1.54) is 24.3 Å². The smallest absolute Gasteiger partial charge is 0.372 e. The van der Waals surface area contributed by atoms with Crippen LogP contribution >= 0.6 is 15.9 Å². The summed E-state index contributed by atoms with van der Waals surface area (Å²) in [6.07, 6.45) is 0. The second kappa shape index (κ2) is 8.06. The molecule has 2 rings (SSSR count). The van der Waals surface area contributed by atoms with Crippen LogP contribution in [0.4, 0.5) is 5.69 Å². The molecule has 0 fully saturated rings. The molecule has 0 saturated carbocycles. The number of halogens is 1. The quantitative estimate of drug-likeness (QED) is 0.265. The molecule has 0 aromatic heterocycles. The number of nitrogens with two attached hydrogens (primary N) is 1. The van der Waals surface area contributed by atoms with Crippen molar-refractivity contribution < 1.29 is 19.3 Å². The number of amidine groups is 1. The van der Waals surface area contributed by atoms with Crippen molar-refractivity contribution in [3.63, 3.8) is 0 Å². The van der Waals surface area contributed by atoms with Crippen molar-refractivity contribution in [3.05, 3.63) is 68.7 Å². The highest BCUT2D eigenvalue weighted by Crippen LogP contribution is 2.16. The molecule has 0 heterocycles. The van der Waals surface area contributed by atoms with Crippen LogP contribution in [0.1, 0.15) is 5.56 Å². The Morgan fingerprint density at radius 3 is 2.38 bits per heavy atom. The van der Waals surface area contributed by atoms with Gasteiger partial charge in [-0.3, -0.25) is 10.1 Å². The Morgan fingerprint density at radius 2 is 1.79 bits per heavy atom. The molecule has 2 N–H and O–H groups in total. The number of hydrogen-bond donors (Lipinski definition) is 1. The van der Waals surface area contributed by atoms with Crippen molar-refractivity contribution in [2.75, 3.05) is 6.61 Å². The Bertz CT molecular complexity index is 760. The fourth-order valence-electron chi connectivity index (χ4n) is 1.61. The number of hydrogen-bond acceptors (Lipinski definition) is 6. The van der Waals surface area contributed by atoms with E-state index in [9.17, 15) is 14.9 Å². The van der Waals surface area contributed by atoms with Crippen LogP contribution in [0.15, 0.2) is 58.2 Å². The van der Waals surface area contributed by atoms with Crippen molar-refractivity contribution in [2.45, 2.75) is 0 Å². The van der Waals surface area contributed by atoms with Gasteiger partial charge in [-0.2, -0.15) is 0 Å². The summed E-state index contributed by atoms with van der Waals surface area (Å²) < 4.78 is 6.11. The number of nitrogens with zero attached hydrogens (tertiary/aromatic N) is 2.